The molecule has 0 aliphatic carbocycles. The highest BCUT2D eigenvalue weighted by molar-refractivity contribution is 7.92. The Bertz CT molecular complexity index is 1270. The Hall–Kier alpha value is -3.20. The lowest BCUT2D eigenvalue weighted by atomic mass is 10.1. The number of anilines is 1. The molecule has 0 aromatic heterocycles. The van der Waals surface area contributed by atoms with E-state index in [0.717, 1.165) is 44.0 Å². The second-order valence-electron chi connectivity index (χ2n) is 8.84. The number of nitrogens with zero attached hydrogens (tertiary/aromatic N) is 1. The standard InChI is InChI=1S/C27H31N3O4S/c1-20-3-11-25(12-4-20)29-35(32,33)26-17-24(10-5-21(26)2)27(31)28-18-22-6-8-23(9-7-22)19-30-13-15-34-16-14-30/h3-12,17,29H,13-16,18-19H2,1-2H3,(H,28,31). The molecule has 0 radical (unpaired) electrons. The number of nitrogens with one attached hydrogen (secondary N) is 2. The van der Waals surface area contributed by atoms with Crippen molar-refractivity contribution in [2.75, 3.05) is 31.0 Å². The number of amides is 1. The molecule has 1 amide bonds. The van der Waals surface area contributed by atoms with Crippen LogP contribution in [0.15, 0.2) is 71.6 Å². The van der Waals surface area contributed by atoms with E-state index in [1.54, 1.807) is 31.2 Å². The molecule has 1 fully saturated rings. The summed E-state index contributed by atoms with van der Waals surface area (Å²) in [6.07, 6.45) is 0. The normalized spacial score (nSPS) is 14.5. The number of carbonyl (C=O) groups is 1. The van der Waals surface area contributed by atoms with E-state index in [0.29, 0.717) is 23.4 Å². The zero-order valence-electron chi connectivity index (χ0n) is 20.1. The third kappa shape index (κ3) is 6.69. The van der Waals surface area contributed by atoms with Crippen LogP contribution in [-0.4, -0.2) is 45.5 Å². The summed E-state index contributed by atoms with van der Waals surface area (Å²) in [5.74, 6) is -0.325. The summed E-state index contributed by atoms with van der Waals surface area (Å²) in [4.78, 5) is 15.2. The minimum atomic E-state index is -3.84. The molecular formula is C27H31N3O4S. The minimum absolute atomic E-state index is 0.0817. The van der Waals surface area contributed by atoms with E-state index in [1.807, 2.05) is 31.2 Å². The predicted molar refractivity (Wildman–Crippen MR) is 137 cm³/mol. The van der Waals surface area contributed by atoms with Crippen molar-refractivity contribution >= 4 is 21.6 Å². The lowest BCUT2D eigenvalue weighted by molar-refractivity contribution is 0.0342. The van der Waals surface area contributed by atoms with Gasteiger partial charge in [0.15, 0.2) is 0 Å². The lowest BCUT2D eigenvalue weighted by Crippen LogP contribution is -2.35. The third-order valence-electron chi connectivity index (χ3n) is 6.03. The van der Waals surface area contributed by atoms with E-state index in [9.17, 15) is 13.2 Å². The van der Waals surface area contributed by atoms with E-state index >= 15 is 0 Å². The van der Waals surface area contributed by atoms with Gasteiger partial charge in [-0.1, -0.05) is 48.0 Å². The van der Waals surface area contributed by atoms with Crippen LogP contribution in [0.1, 0.15) is 32.6 Å². The molecule has 4 rings (SSSR count). The first-order valence-electron chi connectivity index (χ1n) is 11.7. The molecule has 1 heterocycles. The predicted octanol–water partition coefficient (Wildman–Crippen LogP) is 3.87. The summed E-state index contributed by atoms with van der Waals surface area (Å²) in [7, 11) is -3.84. The van der Waals surface area contributed by atoms with Crippen molar-refractivity contribution in [3.8, 4) is 0 Å². The molecule has 1 saturated heterocycles. The Morgan fingerprint density at radius 2 is 1.57 bits per heavy atom. The molecule has 0 unspecified atom stereocenters. The van der Waals surface area contributed by atoms with Crippen LogP contribution in [0.25, 0.3) is 0 Å². The summed E-state index contributed by atoms with van der Waals surface area (Å²) >= 11 is 0. The fourth-order valence-corrected chi connectivity index (χ4v) is 5.26. The van der Waals surface area contributed by atoms with Gasteiger partial charge in [0.2, 0.25) is 0 Å². The number of sulfonamides is 1. The molecule has 184 valence electrons. The smallest absolute Gasteiger partial charge is 0.262 e. The molecule has 7 nitrogen and oxygen atoms in total. The van der Waals surface area contributed by atoms with Crippen LogP contribution in [0, 0.1) is 13.8 Å². The summed E-state index contributed by atoms with van der Waals surface area (Å²) in [6, 6.07) is 20.0. The van der Waals surface area contributed by atoms with Crippen molar-refractivity contribution in [3.63, 3.8) is 0 Å². The summed E-state index contributed by atoms with van der Waals surface area (Å²) in [6.45, 7) is 8.30. The largest absolute Gasteiger partial charge is 0.379 e. The molecule has 1 aliphatic heterocycles. The number of ether oxygens (including phenoxy) is 1. The van der Waals surface area contributed by atoms with E-state index in [2.05, 4.69) is 27.1 Å². The van der Waals surface area contributed by atoms with E-state index < -0.39 is 10.0 Å². The van der Waals surface area contributed by atoms with Gasteiger partial charge in [0.1, 0.15) is 0 Å². The van der Waals surface area contributed by atoms with Crippen LogP contribution in [-0.2, 0) is 27.8 Å². The number of benzene rings is 3. The van der Waals surface area contributed by atoms with Gasteiger partial charge >= 0.3 is 0 Å². The van der Waals surface area contributed by atoms with E-state index in [1.165, 1.54) is 11.6 Å². The number of carbonyl (C=O) groups excluding carboxylic acids is 1. The fraction of sp³-hybridized carbons (Fsp3) is 0.296. The number of hydrogen-bond donors (Lipinski definition) is 2. The monoisotopic (exact) mass is 493 g/mol. The van der Waals surface area contributed by atoms with Gasteiger partial charge in [0.05, 0.1) is 18.1 Å². The van der Waals surface area contributed by atoms with Crippen molar-refractivity contribution in [1.29, 1.82) is 0 Å². The summed E-state index contributed by atoms with van der Waals surface area (Å²) in [5.41, 5.74) is 4.57. The van der Waals surface area contributed by atoms with Crippen molar-refractivity contribution in [1.82, 2.24) is 10.2 Å². The van der Waals surface area contributed by atoms with Gasteiger partial charge in [-0.3, -0.25) is 14.4 Å². The average Bonchev–Trinajstić information content (AvgIpc) is 2.85. The summed E-state index contributed by atoms with van der Waals surface area (Å²) < 4.78 is 33.9. The van der Waals surface area contributed by atoms with E-state index in [-0.39, 0.29) is 10.8 Å². The zero-order chi connectivity index (χ0) is 24.8. The Balaban J connectivity index is 1.39. The first kappa shape index (κ1) is 24.9. The molecule has 35 heavy (non-hydrogen) atoms. The highest BCUT2D eigenvalue weighted by atomic mass is 32.2. The maximum absolute atomic E-state index is 13.0. The number of rotatable bonds is 8. The Morgan fingerprint density at radius 1 is 0.914 bits per heavy atom. The quantitative estimate of drug-likeness (QED) is 0.498. The van der Waals surface area contributed by atoms with Crippen molar-refractivity contribution in [3.05, 3.63) is 94.5 Å². The molecular weight excluding hydrogens is 462 g/mol. The van der Waals surface area contributed by atoms with Crippen LogP contribution < -0.4 is 10.0 Å². The highest BCUT2D eigenvalue weighted by Gasteiger charge is 2.19. The molecule has 0 saturated carbocycles. The molecule has 0 atom stereocenters. The Morgan fingerprint density at radius 3 is 2.26 bits per heavy atom. The van der Waals surface area contributed by atoms with Crippen molar-refractivity contribution in [2.24, 2.45) is 0 Å². The van der Waals surface area contributed by atoms with Gasteiger partial charge in [-0.2, -0.15) is 0 Å². The van der Waals surface area contributed by atoms with Crippen LogP contribution >= 0.6 is 0 Å². The maximum atomic E-state index is 13.0. The molecule has 0 bridgehead atoms. The topological polar surface area (TPSA) is 87.7 Å². The maximum Gasteiger partial charge on any atom is 0.262 e. The zero-order valence-corrected chi connectivity index (χ0v) is 20.9. The van der Waals surface area contributed by atoms with Gasteiger partial charge in [-0.15, -0.1) is 0 Å². The lowest BCUT2D eigenvalue weighted by Gasteiger charge is -2.26. The molecule has 0 spiro atoms. The van der Waals surface area contributed by atoms with Crippen LogP contribution in [0.4, 0.5) is 5.69 Å². The van der Waals surface area contributed by atoms with Crippen LogP contribution in [0.2, 0.25) is 0 Å². The number of hydrogen-bond acceptors (Lipinski definition) is 5. The van der Waals surface area contributed by atoms with Crippen LogP contribution in [0.5, 0.6) is 0 Å². The molecule has 3 aromatic carbocycles. The first-order chi connectivity index (χ1) is 16.8. The second-order valence-corrected chi connectivity index (χ2v) is 10.5. The minimum Gasteiger partial charge on any atom is -0.379 e. The Labute approximate surface area is 207 Å². The van der Waals surface area contributed by atoms with Gasteiger partial charge < -0.3 is 10.1 Å². The second kappa shape index (κ2) is 11.0. The van der Waals surface area contributed by atoms with Gasteiger partial charge in [-0.05, 0) is 54.8 Å². The molecule has 8 heteroatoms. The highest BCUT2D eigenvalue weighted by Crippen LogP contribution is 2.21. The number of aryl methyl sites for hydroxylation is 2. The number of morpholine rings is 1. The van der Waals surface area contributed by atoms with Crippen LogP contribution in [0.3, 0.4) is 0 Å². The van der Waals surface area contributed by atoms with Crippen molar-refractivity contribution < 1.29 is 17.9 Å². The average molecular weight is 494 g/mol. The molecule has 3 aromatic rings. The third-order valence-corrected chi connectivity index (χ3v) is 7.55. The van der Waals surface area contributed by atoms with Crippen molar-refractivity contribution in [2.45, 2.75) is 31.8 Å². The van der Waals surface area contributed by atoms with Gasteiger partial charge in [0, 0.05) is 37.4 Å². The van der Waals surface area contributed by atoms with E-state index in [4.69, 9.17) is 4.74 Å². The SMILES string of the molecule is Cc1ccc(NS(=O)(=O)c2cc(C(=O)NCc3ccc(CN4CCOCC4)cc3)ccc2C)cc1. The van der Waals surface area contributed by atoms with Gasteiger partial charge in [0.25, 0.3) is 15.9 Å². The Kier molecular flexibility index (Phi) is 7.85. The van der Waals surface area contributed by atoms with Gasteiger partial charge in [-0.25, -0.2) is 8.42 Å². The summed E-state index contributed by atoms with van der Waals surface area (Å²) in [5, 5.41) is 2.89. The first-order valence-corrected chi connectivity index (χ1v) is 13.1. The molecule has 2 N–H and O–H groups in total. The molecule has 1 aliphatic rings. The fourth-order valence-electron chi connectivity index (χ4n) is 3.93.